The highest BCUT2D eigenvalue weighted by Crippen LogP contribution is 2.33. The van der Waals surface area contributed by atoms with Crippen molar-refractivity contribution in [3.63, 3.8) is 0 Å². The molecule has 0 saturated carbocycles. The first kappa shape index (κ1) is 21.9. The van der Waals surface area contributed by atoms with Crippen molar-refractivity contribution < 1.29 is 0 Å². The molecule has 3 aromatic heterocycles. The quantitative estimate of drug-likeness (QED) is 0.459. The van der Waals surface area contributed by atoms with Crippen molar-refractivity contribution in [1.29, 1.82) is 0 Å². The molecule has 5 rings (SSSR count). The summed E-state index contributed by atoms with van der Waals surface area (Å²) in [5.74, 6) is 0.709. The van der Waals surface area contributed by atoms with Gasteiger partial charge < -0.3 is 4.90 Å². The lowest BCUT2D eigenvalue weighted by atomic mass is 10.00. The van der Waals surface area contributed by atoms with Crippen LogP contribution in [0.25, 0.3) is 21.4 Å². The second-order valence-electron chi connectivity index (χ2n) is 9.15. The zero-order chi connectivity index (χ0) is 23.4. The third kappa shape index (κ3) is 3.79. The summed E-state index contributed by atoms with van der Waals surface area (Å²) < 4.78 is 1.60. The van der Waals surface area contributed by atoms with Crippen LogP contribution in [0.1, 0.15) is 43.1 Å². The molecule has 0 amide bonds. The van der Waals surface area contributed by atoms with Gasteiger partial charge in [-0.05, 0) is 52.3 Å². The van der Waals surface area contributed by atoms with Crippen molar-refractivity contribution in [2.24, 2.45) is 7.05 Å². The summed E-state index contributed by atoms with van der Waals surface area (Å²) >= 11 is 1.54. The van der Waals surface area contributed by atoms with E-state index in [2.05, 4.69) is 63.7 Å². The van der Waals surface area contributed by atoms with E-state index in [1.165, 1.54) is 5.56 Å². The molecule has 0 radical (unpaired) electrons. The van der Waals surface area contributed by atoms with Crippen LogP contribution in [0.4, 0.5) is 5.82 Å². The number of hydrogen-bond donors (Lipinski definition) is 0. The fraction of sp³-hybridized carbons (Fsp3) is 0.458. The largest absolute Gasteiger partial charge is 0.350 e. The number of hydrogen-bond acceptors (Lipinski definition) is 8. The Bertz CT molecular complexity index is 1410. The Morgan fingerprint density at radius 2 is 1.85 bits per heavy atom. The van der Waals surface area contributed by atoms with Crippen molar-refractivity contribution in [2.45, 2.75) is 52.7 Å². The third-order valence-corrected chi connectivity index (χ3v) is 7.74. The van der Waals surface area contributed by atoms with E-state index in [0.29, 0.717) is 5.82 Å². The molecular formula is C24H29N7OS. The van der Waals surface area contributed by atoms with Gasteiger partial charge in [0.05, 0.1) is 21.7 Å². The Labute approximate surface area is 196 Å². The van der Waals surface area contributed by atoms with E-state index in [1.54, 1.807) is 29.1 Å². The van der Waals surface area contributed by atoms with Gasteiger partial charge in [0.15, 0.2) is 5.82 Å². The molecule has 1 aliphatic rings. The number of anilines is 1. The molecule has 0 N–H and O–H groups in total. The normalized spacial score (nSPS) is 20.6. The number of nitrogens with zero attached hydrogens (tertiary/aromatic N) is 7. The van der Waals surface area contributed by atoms with Gasteiger partial charge in [0.2, 0.25) is 0 Å². The zero-order valence-corrected chi connectivity index (χ0v) is 20.7. The Morgan fingerprint density at radius 3 is 2.64 bits per heavy atom. The van der Waals surface area contributed by atoms with Gasteiger partial charge in [-0.1, -0.05) is 6.07 Å². The lowest BCUT2D eigenvalue weighted by molar-refractivity contribution is 0.119. The monoisotopic (exact) mass is 463 g/mol. The molecule has 1 unspecified atom stereocenters. The standard InChI is InChI=1S/C24H29N7OS/c1-13-10-25-19-8-7-18(9-20(19)26-13)16(4)30-11-15(3)31(12-14(30)2)22-21-23(33-17(5)27-21)29(6)24(32)28-22/h7-10,14-16H,11-12H2,1-6H3/t14-,15+,16?/m1/s1. The molecule has 1 aromatic carbocycles. The van der Waals surface area contributed by atoms with Crippen LogP contribution in [0.2, 0.25) is 0 Å². The predicted octanol–water partition coefficient (Wildman–Crippen LogP) is 3.61. The number of aromatic nitrogens is 5. The minimum Gasteiger partial charge on any atom is -0.349 e. The average Bonchev–Trinajstić information content (AvgIpc) is 3.18. The van der Waals surface area contributed by atoms with Crippen molar-refractivity contribution in [1.82, 2.24) is 29.4 Å². The maximum atomic E-state index is 12.6. The summed E-state index contributed by atoms with van der Waals surface area (Å²) in [7, 11) is 1.76. The van der Waals surface area contributed by atoms with Crippen LogP contribution in [-0.4, -0.2) is 54.6 Å². The number of piperazine rings is 1. The van der Waals surface area contributed by atoms with Gasteiger partial charge in [0.25, 0.3) is 0 Å². The molecule has 0 aliphatic carbocycles. The number of benzene rings is 1. The molecule has 33 heavy (non-hydrogen) atoms. The molecule has 3 atom stereocenters. The highest BCUT2D eigenvalue weighted by molar-refractivity contribution is 7.18. The fourth-order valence-corrected chi connectivity index (χ4v) is 5.72. The van der Waals surface area contributed by atoms with Crippen molar-refractivity contribution in [3.05, 3.63) is 51.1 Å². The minimum atomic E-state index is -0.232. The number of thiazole rings is 1. The van der Waals surface area contributed by atoms with Crippen LogP contribution < -0.4 is 10.6 Å². The molecule has 8 nitrogen and oxygen atoms in total. The van der Waals surface area contributed by atoms with Gasteiger partial charge in [-0.3, -0.25) is 14.5 Å². The van der Waals surface area contributed by atoms with Gasteiger partial charge in [0, 0.05) is 44.5 Å². The Balaban J connectivity index is 1.45. The molecule has 4 heterocycles. The summed E-state index contributed by atoms with van der Waals surface area (Å²) in [6.45, 7) is 12.3. The number of aryl methyl sites for hydroxylation is 3. The van der Waals surface area contributed by atoms with E-state index in [0.717, 1.165) is 45.2 Å². The van der Waals surface area contributed by atoms with Crippen molar-refractivity contribution in [2.75, 3.05) is 18.0 Å². The van der Waals surface area contributed by atoms with Gasteiger partial charge in [-0.25, -0.2) is 14.8 Å². The van der Waals surface area contributed by atoms with E-state index in [4.69, 9.17) is 4.98 Å². The van der Waals surface area contributed by atoms with Crippen LogP contribution in [0.3, 0.4) is 0 Å². The second kappa shape index (κ2) is 8.14. The van der Waals surface area contributed by atoms with Crippen LogP contribution >= 0.6 is 11.3 Å². The van der Waals surface area contributed by atoms with Gasteiger partial charge in [0.1, 0.15) is 10.3 Å². The van der Waals surface area contributed by atoms with E-state index in [9.17, 15) is 4.79 Å². The lowest BCUT2D eigenvalue weighted by Crippen LogP contribution is -2.57. The Morgan fingerprint density at radius 1 is 1.06 bits per heavy atom. The van der Waals surface area contributed by atoms with Gasteiger partial charge in [-0.2, -0.15) is 4.98 Å². The maximum Gasteiger partial charge on any atom is 0.350 e. The van der Waals surface area contributed by atoms with Crippen molar-refractivity contribution >= 4 is 38.5 Å². The highest BCUT2D eigenvalue weighted by Gasteiger charge is 2.34. The zero-order valence-electron chi connectivity index (χ0n) is 19.9. The molecule has 1 fully saturated rings. The molecule has 1 saturated heterocycles. The summed E-state index contributed by atoms with van der Waals surface area (Å²) in [5.41, 5.74) is 4.60. The smallest absolute Gasteiger partial charge is 0.349 e. The van der Waals surface area contributed by atoms with E-state index >= 15 is 0 Å². The average molecular weight is 464 g/mol. The number of fused-ring (bicyclic) bond motifs is 2. The first-order valence-corrected chi connectivity index (χ1v) is 12.1. The van der Waals surface area contributed by atoms with E-state index < -0.39 is 0 Å². The summed E-state index contributed by atoms with van der Waals surface area (Å²) in [4.78, 5) is 36.5. The topological polar surface area (TPSA) is 80.0 Å². The maximum absolute atomic E-state index is 12.6. The molecule has 0 bridgehead atoms. The summed E-state index contributed by atoms with van der Waals surface area (Å²) in [6.07, 6.45) is 1.81. The molecule has 0 spiro atoms. The molecule has 9 heteroatoms. The molecule has 4 aromatic rings. The summed E-state index contributed by atoms with van der Waals surface area (Å²) in [5, 5.41) is 0.942. The summed E-state index contributed by atoms with van der Waals surface area (Å²) in [6, 6.07) is 7.07. The fourth-order valence-electron chi connectivity index (χ4n) is 4.86. The second-order valence-corrected chi connectivity index (χ2v) is 10.3. The van der Waals surface area contributed by atoms with Crippen LogP contribution in [0.15, 0.2) is 29.2 Å². The lowest BCUT2D eigenvalue weighted by Gasteiger charge is -2.47. The van der Waals surface area contributed by atoms with Crippen LogP contribution in [0, 0.1) is 13.8 Å². The molecule has 1 aliphatic heterocycles. The first-order valence-electron chi connectivity index (χ1n) is 11.3. The predicted molar refractivity (Wildman–Crippen MR) is 133 cm³/mol. The molecule has 172 valence electrons. The highest BCUT2D eigenvalue weighted by atomic mass is 32.1. The first-order chi connectivity index (χ1) is 15.7. The van der Waals surface area contributed by atoms with E-state index in [-0.39, 0.29) is 23.8 Å². The van der Waals surface area contributed by atoms with Crippen LogP contribution in [0.5, 0.6) is 0 Å². The van der Waals surface area contributed by atoms with Gasteiger partial charge in [-0.15, -0.1) is 11.3 Å². The van der Waals surface area contributed by atoms with Crippen molar-refractivity contribution in [3.8, 4) is 0 Å². The SMILES string of the molecule is Cc1cnc2ccc(C(C)N3C[C@H](C)N(c4nc(=O)n(C)c5sc(C)nc45)C[C@H]3C)cc2n1. The van der Waals surface area contributed by atoms with E-state index in [1.807, 2.05) is 13.8 Å². The Kier molecular flexibility index (Phi) is 5.41. The van der Waals surface area contributed by atoms with Gasteiger partial charge >= 0.3 is 5.69 Å². The number of rotatable bonds is 3. The molecular weight excluding hydrogens is 434 g/mol. The Hall–Kier alpha value is -2.91. The minimum absolute atomic E-state index is 0.191. The van der Waals surface area contributed by atoms with Crippen LogP contribution in [-0.2, 0) is 7.05 Å². The third-order valence-electron chi connectivity index (χ3n) is 6.69.